The van der Waals surface area contributed by atoms with Crippen molar-refractivity contribution in [2.24, 2.45) is 7.05 Å². The molecule has 116 valence electrons. The van der Waals surface area contributed by atoms with Crippen LogP contribution in [0.15, 0.2) is 0 Å². The highest BCUT2D eigenvalue weighted by atomic mass is 16.2. The fourth-order valence-corrected chi connectivity index (χ4v) is 2.75. The van der Waals surface area contributed by atoms with Crippen molar-refractivity contribution in [3.8, 4) is 0 Å². The molecule has 1 aromatic rings. The van der Waals surface area contributed by atoms with Crippen LogP contribution in [0.25, 0.3) is 0 Å². The predicted molar refractivity (Wildman–Crippen MR) is 79.5 cm³/mol. The highest BCUT2D eigenvalue weighted by molar-refractivity contribution is 6.05. The van der Waals surface area contributed by atoms with Gasteiger partial charge in [-0.3, -0.25) is 19.2 Å². The van der Waals surface area contributed by atoms with Crippen molar-refractivity contribution in [1.29, 1.82) is 0 Å². The molecule has 1 aliphatic heterocycles. The zero-order chi connectivity index (χ0) is 15.7. The van der Waals surface area contributed by atoms with Crippen LogP contribution in [0, 0.1) is 13.8 Å². The maximum absolute atomic E-state index is 12.3. The molecule has 0 aliphatic carbocycles. The van der Waals surface area contributed by atoms with Crippen molar-refractivity contribution in [2.45, 2.75) is 59.2 Å². The first kappa shape index (κ1) is 15.7. The van der Waals surface area contributed by atoms with Gasteiger partial charge in [-0.15, -0.1) is 0 Å². The van der Waals surface area contributed by atoms with Crippen LogP contribution in [0.1, 0.15) is 43.6 Å². The van der Waals surface area contributed by atoms with Gasteiger partial charge < -0.3 is 5.32 Å². The van der Waals surface area contributed by atoms with E-state index in [1.807, 2.05) is 39.4 Å². The minimum Gasteiger partial charge on any atom is -0.301 e. The van der Waals surface area contributed by atoms with E-state index in [9.17, 15) is 9.59 Å². The number of rotatable bonds is 5. The third-order valence-electron chi connectivity index (χ3n) is 4.40. The lowest BCUT2D eigenvalue weighted by atomic mass is 10.1. The molecular weight excluding hydrogens is 268 g/mol. The molecule has 2 heterocycles. The van der Waals surface area contributed by atoms with Crippen LogP contribution in [-0.2, 0) is 23.2 Å². The van der Waals surface area contributed by atoms with Crippen molar-refractivity contribution >= 4 is 11.8 Å². The molecule has 1 aromatic heterocycles. The average molecular weight is 292 g/mol. The Kier molecular flexibility index (Phi) is 4.46. The molecule has 0 radical (unpaired) electrons. The Bertz CT molecular complexity index is 564. The first-order valence-electron chi connectivity index (χ1n) is 7.45. The van der Waals surface area contributed by atoms with Crippen LogP contribution in [-0.4, -0.2) is 38.6 Å². The van der Waals surface area contributed by atoms with Crippen LogP contribution < -0.4 is 5.32 Å². The number of likely N-dealkylation sites (tertiary alicyclic amines) is 1. The first-order valence-corrected chi connectivity index (χ1v) is 7.45. The number of hydrogen-bond acceptors (Lipinski definition) is 4. The van der Waals surface area contributed by atoms with E-state index in [0.717, 1.165) is 23.4 Å². The molecule has 2 atom stereocenters. The molecule has 0 bridgehead atoms. The van der Waals surface area contributed by atoms with E-state index in [-0.39, 0.29) is 24.3 Å². The number of carbonyl (C=O) groups excluding carboxylic acids is 2. The topological polar surface area (TPSA) is 67.2 Å². The number of aromatic nitrogens is 2. The number of hydrogen-bond donors (Lipinski definition) is 1. The summed E-state index contributed by atoms with van der Waals surface area (Å²) in [6.45, 7) is 8.41. The fourth-order valence-electron chi connectivity index (χ4n) is 2.75. The largest absolute Gasteiger partial charge is 0.301 e. The van der Waals surface area contributed by atoms with Gasteiger partial charge >= 0.3 is 0 Å². The Morgan fingerprint density at radius 1 is 1.38 bits per heavy atom. The van der Waals surface area contributed by atoms with Gasteiger partial charge in [-0.05, 0) is 27.2 Å². The fraction of sp³-hybridized carbons (Fsp3) is 0.667. The Labute approximate surface area is 125 Å². The summed E-state index contributed by atoms with van der Waals surface area (Å²) in [4.78, 5) is 25.7. The molecule has 1 fully saturated rings. The number of aryl methyl sites for hydroxylation is 2. The normalized spacial score (nSPS) is 20.4. The highest BCUT2D eigenvalue weighted by Crippen LogP contribution is 2.19. The molecule has 2 unspecified atom stereocenters. The third kappa shape index (κ3) is 2.85. The maximum atomic E-state index is 12.3. The molecule has 0 saturated carbocycles. The van der Waals surface area contributed by atoms with E-state index >= 15 is 0 Å². The van der Waals surface area contributed by atoms with Gasteiger partial charge in [0.05, 0.1) is 18.2 Å². The zero-order valence-corrected chi connectivity index (χ0v) is 13.4. The van der Waals surface area contributed by atoms with E-state index in [0.29, 0.717) is 6.54 Å². The second kappa shape index (κ2) is 5.97. The molecule has 21 heavy (non-hydrogen) atoms. The summed E-state index contributed by atoms with van der Waals surface area (Å²) in [6, 6.07) is -0.441. The van der Waals surface area contributed by atoms with Crippen LogP contribution in [0.4, 0.5) is 0 Å². The van der Waals surface area contributed by atoms with Crippen LogP contribution in [0.5, 0.6) is 0 Å². The number of nitrogens with one attached hydrogen (secondary N) is 1. The van der Waals surface area contributed by atoms with Crippen LogP contribution in [0.3, 0.4) is 0 Å². The number of nitrogens with zero attached hydrogens (tertiary/aromatic N) is 3. The first-order chi connectivity index (χ1) is 9.86. The molecule has 0 spiro atoms. The van der Waals surface area contributed by atoms with E-state index in [1.165, 1.54) is 4.90 Å². The third-order valence-corrected chi connectivity index (χ3v) is 4.40. The predicted octanol–water partition coefficient (Wildman–Crippen LogP) is 1.05. The van der Waals surface area contributed by atoms with Crippen molar-refractivity contribution in [3.63, 3.8) is 0 Å². The molecular formula is C15H24N4O2. The summed E-state index contributed by atoms with van der Waals surface area (Å²) >= 11 is 0. The Morgan fingerprint density at radius 3 is 2.57 bits per heavy atom. The van der Waals surface area contributed by atoms with Gasteiger partial charge in [-0.2, -0.15) is 5.10 Å². The smallest absolute Gasteiger partial charge is 0.247 e. The molecule has 6 heteroatoms. The summed E-state index contributed by atoms with van der Waals surface area (Å²) in [7, 11) is 1.90. The molecule has 2 amide bonds. The van der Waals surface area contributed by atoms with Crippen molar-refractivity contribution in [2.75, 3.05) is 0 Å². The van der Waals surface area contributed by atoms with Gasteiger partial charge in [-0.25, -0.2) is 0 Å². The summed E-state index contributed by atoms with van der Waals surface area (Å²) in [5.74, 6) is -0.181. The average Bonchev–Trinajstić information content (AvgIpc) is 2.84. The van der Waals surface area contributed by atoms with Gasteiger partial charge in [0.2, 0.25) is 11.8 Å². The molecule has 0 aromatic carbocycles. The Balaban J connectivity index is 2.05. The van der Waals surface area contributed by atoms with E-state index in [2.05, 4.69) is 10.4 Å². The molecule has 1 saturated heterocycles. The molecule has 1 N–H and O–H groups in total. The molecule has 6 nitrogen and oxygen atoms in total. The number of amides is 2. The lowest BCUT2D eigenvalue weighted by molar-refractivity contribution is -0.141. The van der Waals surface area contributed by atoms with Crippen LogP contribution >= 0.6 is 0 Å². The van der Waals surface area contributed by atoms with Gasteiger partial charge in [0.25, 0.3) is 0 Å². The highest BCUT2D eigenvalue weighted by Gasteiger charge is 2.40. The van der Waals surface area contributed by atoms with E-state index < -0.39 is 6.04 Å². The summed E-state index contributed by atoms with van der Waals surface area (Å²) in [5.41, 5.74) is 3.13. The number of carbonyl (C=O) groups is 2. The van der Waals surface area contributed by atoms with Crippen molar-refractivity contribution in [3.05, 3.63) is 17.0 Å². The van der Waals surface area contributed by atoms with E-state index in [4.69, 9.17) is 0 Å². The summed E-state index contributed by atoms with van der Waals surface area (Å²) in [6.07, 6.45) is 1.03. The lowest BCUT2D eigenvalue weighted by Gasteiger charge is -2.21. The molecule has 2 rings (SSSR count). The monoisotopic (exact) mass is 292 g/mol. The maximum Gasteiger partial charge on any atom is 0.247 e. The van der Waals surface area contributed by atoms with E-state index in [1.54, 1.807) is 0 Å². The van der Waals surface area contributed by atoms with Crippen molar-refractivity contribution in [1.82, 2.24) is 20.0 Å². The van der Waals surface area contributed by atoms with Crippen LogP contribution in [0.2, 0.25) is 0 Å². The number of imide groups is 1. The van der Waals surface area contributed by atoms with Gasteiger partial charge in [-0.1, -0.05) is 6.92 Å². The minimum atomic E-state index is -0.412. The molecule has 1 aliphatic rings. The second-order valence-corrected chi connectivity index (χ2v) is 5.77. The Hall–Kier alpha value is -1.69. The second-order valence-electron chi connectivity index (χ2n) is 5.77. The SMILES string of the molecule is CCC(C)N1C(=O)CC(NCc2c(C)nn(C)c2C)C1=O. The quantitative estimate of drug-likeness (QED) is 0.824. The Morgan fingerprint density at radius 2 is 2.05 bits per heavy atom. The summed E-state index contributed by atoms with van der Waals surface area (Å²) < 4.78 is 1.83. The van der Waals surface area contributed by atoms with Gasteiger partial charge in [0, 0.05) is 30.9 Å². The zero-order valence-electron chi connectivity index (χ0n) is 13.4. The summed E-state index contributed by atoms with van der Waals surface area (Å²) in [5, 5.41) is 7.58. The lowest BCUT2D eigenvalue weighted by Crippen LogP contribution is -2.42. The van der Waals surface area contributed by atoms with Gasteiger partial charge in [0.1, 0.15) is 0 Å². The minimum absolute atomic E-state index is 0.0290. The van der Waals surface area contributed by atoms with Gasteiger partial charge in [0.15, 0.2) is 0 Å². The van der Waals surface area contributed by atoms with Crippen molar-refractivity contribution < 1.29 is 9.59 Å². The standard InChI is InChI=1S/C15H24N4O2/c1-6-9(2)19-14(20)7-13(15(19)21)16-8-12-10(3)17-18(5)11(12)4/h9,13,16H,6-8H2,1-5H3.